The predicted molar refractivity (Wildman–Crippen MR) is 76.6 cm³/mol. The Morgan fingerprint density at radius 2 is 2.11 bits per heavy atom. The summed E-state index contributed by atoms with van der Waals surface area (Å²) in [5.74, 6) is 2.73. The summed E-state index contributed by atoms with van der Waals surface area (Å²) < 4.78 is 5.46. The molecule has 0 aromatic heterocycles. The molecule has 0 radical (unpaired) electrons. The van der Waals surface area contributed by atoms with E-state index in [2.05, 4.69) is 37.0 Å². The van der Waals surface area contributed by atoms with Crippen LogP contribution in [0.1, 0.15) is 39.5 Å². The topological polar surface area (TPSA) is 24.5 Å². The molecule has 3 heteroatoms. The Hall–Kier alpha value is -0.560. The van der Waals surface area contributed by atoms with Crippen molar-refractivity contribution in [1.82, 2.24) is 10.2 Å². The highest BCUT2D eigenvalue weighted by molar-refractivity contribution is 4.97. The smallest absolute Gasteiger partial charge is 0.0594 e. The average molecular weight is 252 g/mol. The van der Waals surface area contributed by atoms with Gasteiger partial charge in [0.15, 0.2) is 0 Å². The van der Waals surface area contributed by atoms with Crippen LogP contribution in [0.2, 0.25) is 0 Å². The Labute approximate surface area is 112 Å². The van der Waals surface area contributed by atoms with Gasteiger partial charge in [0, 0.05) is 31.1 Å². The number of hydrogen-bond acceptors (Lipinski definition) is 3. The highest BCUT2D eigenvalue weighted by Crippen LogP contribution is 2.27. The molecular formula is C15H28N2O. The lowest BCUT2D eigenvalue weighted by molar-refractivity contribution is -0.0326. The van der Waals surface area contributed by atoms with Gasteiger partial charge in [-0.05, 0) is 33.2 Å². The van der Waals surface area contributed by atoms with Gasteiger partial charge in [0.2, 0.25) is 0 Å². The van der Waals surface area contributed by atoms with E-state index in [0.29, 0.717) is 6.04 Å². The number of hydrogen-bond donors (Lipinski definition) is 1. The van der Waals surface area contributed by atoms with Crippen molar-refractivity contribution >= 4 is 0 Å². The van der Waals surface area contributed by atoms with E-state index in [1.165, 1.54) is 0 Å². The molecule has 18 heavy (non-hydrogen) atoms. The summed E-state index contributed by atoms with van der Waals surface area (Å²) in [5, 5.41) is 3.50. The fraction of sp³-hybridized carbons (Fsp3) is 0.867. The summed E-state index contributed by atoms with van der Waals surface area (Å²) >= 11 is 0. The van der Waals surface area contributed by atoms with E-state index in [4.69, 9.17) is 11.2 Å². The maximum atomic E-state index is 5.46. The number of likely N-dealkylation sites (N-methyl/N-ethyl adjacent to an activating group) is 1. The Morgan fingerprint density at radius 3 is 2.61 bits per heavy atom. The maximum absolute atomic E-state index is 5.46. The lowest BCUT2D eigenvalue weighted by Crippen LogP contribution is -2.61. The first-order chi connectivity index (χ1) is 8.69. The van der Waals surface area contributed by atoms with Crippen molar-refractivity contribution in [2.75, 3.05) is 33.4 Å². The molecule has 1 fully saturated rings. The minimum Gasteiger partial charge on any atom is -0.379 e. The third-order valence-electron chi connectivity index (χ3n) is 4.36. The first kappa shape index (κ1) is 15.5. The van der Waals surface area contributed by atoms with E-state index < -0.39 is 0 Å². The van der Waals surface area contributed by atoms with Crippen molar-refractivity contribution in [2.45, 2.75) is 51.1 Å². The highest BCUT2D eigenvalue weighted by atomic mass is 16.5. The van der Waals surface area contributed by atoms with Crippen molar-refractivity contribution in [3.63, 3.8) is 0 Å². The number of unbranched alkanes of at least 4 members (excludes halogenated alkanes) is 1. The maximum Gasteiger partial charge on any atom is 0.0594 e. The van der Waals surface area contributed by atoms with Gasteiger partial charge in [-0.1, -0.05) is 6.92 Å². The molecule has 0 saturated carbocycles. The molecule has 1 saturated heterocycles. The quantitative estimate of drug-likeness (QED) is 0.553. The van der Waals surface area contributed by atoms with Gasteiger partial charge in [-0.25, -0.2) is 0 Å². The molecule has 1 heterocycles. The van der Waals surface area contributed by atoms with Gasteiger partial charge in [0.05, 0.1) is 13.2 Å². The van der Waals surface area contributed by atoms with Crippen LogP contribution in [0.5, 0.6) is 0 Å². The molecule has 0 aliphatic carbocycles. The second-order valence-electron chi connectivity index (χ2n) is 5.25. The van der Waals surface area contributed by atoms with Crippen LogP contribution in [0.4, 0.5) is 0 Å². The van der Waals surface area contributed by atoms with Crippen LogP contribution in [-0.2, 0) is 4.74 Å². The van der Waals surface area contributed by atoms with Crippen LogP contribution in [-0.4, -0.2) is 49.8 Å². The number of rotatable bonds is 7. The third-order valence-corrected chi connectivity index (χ3v) is 4.36. The van der Waals surface area contributed by atoms with Crippen LogP contribution in [0, 0.1) is 12.3 Å². The van der Waals surface area contributed by atoms with Crippen LogP contribution in [0.25, 0.3) is 0 Å². The second-order valence-corrected chi connectivity index (χ2v) is 5.25. The van der Waals surface area contributed by atoms with E-state index >= 15 is 0 Å². The lowest BCUT2D eigenvalue weighted by Gasteiger charge is -2.48. The monoisotopic (exact) mass is 252 g/mol. The molecule has 0 amide bonds. The number of nitrogens with zero attached hydrogens (tertiary/aromatic N) is 1. The molecular weight excluding hydrogens is 224 g/mol. The van der Waals surface area contributed by atoms with Gasteiger partial charge in [-0.15, -0.1) is 12.3 Å². The lowest BCUT2D eigenvalue weighted by atomic mass is 9.84. The SMILES string of the molecule is C#CCCCC(NC)C(C)(CC)N1CCOCC1. The van der Waals surface area contributed by atoms with Gasteiger partial charge >= 0.3 is 0 Å². The number of ether oxygens (including phenoxy) is 1. The molecule has 2 unspecified atom stereocenters. The van der Waals surface area contributed by atoms with Gasteiger partial charge in [-0.2, -0.15) is 0 Å². The zero-order valence-corrected chi connectivity index (χ0v) is 12.2. The van der Waals surface area contributed by atoms with Crippen molar-refractivity contribution < 1.29 is 4.74 Å². The molecule has 2 atom stereocenters. The minimum atomic E-state index is 0.202. The summed E-state index contributed by atoms with van der Waals surface area (Å²) in [6, 6.07) is 0.494. The number of terminal acetylenes is 1. The first-order valence-corrected chi connectivity index (χ1v) is 7.12. The van der Waals surface area contributed by atoms with Gasteiger partial charge in [0.25, 0.3) is 0 Å². The van der Waals surface area contributed by atoms with E-state index in [9.17, 15) is 0 Å². The molecule has 1 aliphatic heterocycles. The van der Waals surface area contributed by atoms with Crippen molar-refractivity contribution in [3.05, 3.63) is 0 Å². The molecule has 3 nitrogen and oxygen atoms in total. The average Bonchev–Trinajstić information content (AvgIpc) is 2.44. The second kappa shape index (κ2) is 7.78. The summed E-state index contributed by atoms with van der Waals surface area (Å²) in [4.78, 5) is 2.58. The molecule has 1 aliphatic rings. The van der Waals surface area contributed by atoms with Crippen molar-refractivity contribution in [2.24, 2.45) is 0 Å². The molecule has 0 aromatic carbocycles. The summed E-state index contributed by atoms with van der Waals surface area (Å²) in [5.41, 5.74) is 0.202. The Morgan fingerprint density at radius 1 is 1.44 bits per heavy atom. The fourth-order valence-electron chi connectivity index (χ4n) is 2.94. The minimum absolute atomic E-state index is 0.202. The summed E-state index contributed by atoms with van der Waals surface area (Å²) in [6.45, 7) is 8.44. The van der Waals surface area contributed by atoms with Gasteiger partial charge in [0.1, 0.15) is 0 Å². The zero-order valence-electron chi connectivity index (χ0n) is 12.2. The largest absolute Gasteiger partial charge is 0.379 e. The fourth-order valence-corrected chi connectivity index (χ4v) is 2.94. The van der Waals surface area contributed by atoms with Crippen molar-refractivity contribution in [3.8, 4) is 12.3 Å². The van der Waals surface area contributed by atoms with Crippen LogP contribution in [0.15, 0.2) is 0 Å². The zero-order chi connectivity index (χ0) is 13.4. The summed E-state index contributed by atoms with van der Waals surface area (Å²) in [7, 11) is 2.06. The molecule has 0 aromatic rings. The number of nitrogens with one attached hydrogen (secondary N) is 1. The van der Waals surface area contributed by atoms with Crippen molar-refractivity contribution in [1.29, 1.82) is 0 Å². The van der Waals surface area contributed by atoms with E-state index in [1.54, 1.807) is 0 Å². The van der Waals surface area contributed by atoms with E-state index in [0.717, 1.165) is 52.0 Å². The van der Waals surface area contributed by atoms with Crippen LogP contribution in [0.3, 0.4) is 0 Å². The predicted octanol–water partition coefficient (Wildman–Crippen LogP) is 1.88. The Balaban J connectivity index is 2.66. The van der Waals surface area contributed by atoms with Gasteiger partial charge in [-0.3, -0.25) is 4.90 Å². The first-order valence-electron chi connectivity index (χ1n) is 7.12. The standard InChI is InChI=1S/C15H28N2O/c1-5-7-8-9-14(16-4)15(3,6-2)17-10-12-18-13-11-17/h1,14,16H,6-13H2,2-4H3. The van der Waals surface area contributed by atoms with Crippen LogP contribution >= 0.6 is 0 Å². The normalized spacial score (nSPS) is 22.1. The van der Waals surface area contributed by atoms with Gasteiger partial charge < -0.3 is 10.1 Å². The molecule has 1 rings (SSSR count). The summed E-state index contributed by atoms with van der Waals surface area (Å²) in [6.07, 6.45) is 9.61. The Bertz CT molecular complexity index is 268. The third kappa shape index (κ3) is 3.71. The molecule has 0 spiro atoms. The number of morpholine rings is 1. The molecule has 104 valence electrons. The highest BCUT2D eigenvalue weighted by Gasteiger charge is 2.37. The Kier molecular flexibility index (Phi) is 6.70. The molecule has 0 bridgehead atoms. The van der Waals surface area contributed by atoms with Crippen LogP contribution < -0.4 is 5.32 Å². The van der Waals surface area contributed by atoms with E-state index in [-0.39, 0.29) is 5.54 Å². The van der Waals surface area contributed by atoms with E-state index in [1.807, 2.05) is 0 Å². The molecule has 1 N–H and O–H groups in total.